The van der Waals surface area contributed by atoms with Crippen molar-refractivity contribution in [3.05, 3.63) is 11.6 Å². The van der Waals surface area contributed by atoms with Crippen LogP contribution >= 0.6 is 0 Å². The molecule has 2 saturated heterocycles. The first kappa shape index (κ1) is 43.4. The molecule has 6 fully saturated rings. The highest BCUT2D eigenvalue weighted by Crippen LogP contribution is 2.76. The van der Waals surface area contributed by atoms with Gasteiger partial charge in [0, 0.05) is 12.8 Å². The van der Waals surface area contributed by atoms with Crippen molar-refractivity contribution in [2.24, 2.45) is 50.7 Å². The molecular weight excluding hydrogens is 740 g/mol. The maximum absolute atomic E-state index is 14.6. The van der Waals surface area contributed by atoms with Gasteiger partial charge in [0.15, 0.2) is 12.4 Å². The normalized spacial score (nSPS) is 53.2. The van der Waals surface area contributed by atoms with E-state index in [0.717, 1.165) is 31.3 Å². The summed E-state index contributed by atoms with van der Waals surface area (Å²) in [6.07, 6.45) is -4.12. The molecule has 0 aromatic rings. The summed E-state index contributed by atoms with van der Waals surface area (Å²) < 4.78 is 29.4. The Morgan fingerprint density at radius 2 is 1.53 bits per heavy atom. The first-order valence-electron chi connectivity index (χ1n) is 21.3. The van der Waals surface area contributed by atoms with Crippen molar-refractivity contribution in [2.45, 2.75) is 180 Å². The first-order chi connectivity index (χ1) is 26.5. The van der Waals surface area contributed by atoms with Crippen LogP contribution < -0.4 is 0 Å². The van der Waals surface area contributed by atoms with Crippen molar-refractivity contribution in [3.8, 4) is 0 Å². The number of allylic oxidation sites excluding steroid dienone is 1. The lowest BCUT2D eigenvalue weighted by molar-refractivity contribution is -0.310. The average molecular weight is 809 g/mol. The highest BCUT2D eigenvalue weighted by molar-refractivity contribution is 5.79. The van der Waals surface area contributed by atoms with Gasteiger partial charge < -0.3 is 59.4 Å². The third-order valence-corrected chi connectivity index (χ3v) is 17.5. The van der Waals surface area contributed by atoms with Crippen LogP contribution in [0.4, 0.5) is 0 Å². The lowest BCUT2D eigenvalue weighted by atomic mass is 9.33. The molecule has 7 N–H and O–H groups in total. The number of fused-ring (bicyclic) bond motifs is 7. The van der Waals surface area contributed by atoms with Crippen LogP contribution in [0.25, 0.3) is 0 Å². The van der Waals surface area contributed by atoms with Gasteiger partial charge in [-0.3, -0.25) is 9.59 Å². The molecule has 4 saturated carbocycles. The van der Waals surface area contributed by atoms with E-state index in [1.54, 1.807) is 0 Å². The Morgan fingerprint density at radius 1 is 0.825 bits per heavy atom. The van der Waals surface area contributed by atoms with Gasteiger partial charge in [0.2, 0.25) is 6.29 Å². The summed E-state index contributed by atoms with van der Waals surface area (Å²) in [4.78, 5) is 26.6. The minimum Gasteiger partial charge on any atom is -0.454 e. The van der Waals surface area contributed by atoms with Gasteiger partial charge in [0.1, 0.15) is 36.6 Å². The Balaban J connectivity index is 1.18. The zero-order valence-corrected chi connectivity index (χ0v) is 34.9. The van der Waals surface area contributed by atoms with E-state index in [9.17, 15) is 45.3 Å². The maximum Gasteiger partial charge on any atom is 0.315 e. The summed E-state index contributed by atoms with van der Waals surface area (Å²) in [5, 5.41) is 75.0. The highest BCUT2D eigenvalue weighted by Gasteiger charge is 2.72. The quantitative estimate of drug-likeness (QED) is 0.117. The number of esters is 2. The molecule has 14 nitrogen and oxygen atoms in total. The van der Waals surface area contributed by atoms with Crippen molar-refractivity contribution >= 4 is 11.9 Å². The van der Waals surface area contributed by atoms with E-state index < -0.39 is 90.8 Å². The number of aliphatic hydroxyl groups is 7. The van der Waals surface area contributed by atoms with Gasteiger partial charge in [-0.1, -0.05) is 53.2 Å². The van der Waals surface area contributed by atoms with Gasteiger partial charge in [-0.15, -0.1) is 0 Å². The van der Waals surface area contributed by atoms with Crippen molar-refractivity contribution in [1.29, 1.82) is 0 Å². The molecule has 0 aromatic carbocycles. The van der Waals surface area contributed by atoms with E-state index in [-0.39, 0.29) is 52.1 Å². The van der Waals surface area contributed by atoms with Crippen LogP contribution in [0.5, 0.6) is 0 Å². The minimum absolute atomic E-state index is 0.0984. The lowest BCUT2D eigenvalue weighted by Gasteiger charge is -2.72. The van der Waals surface area contributed by atoms with Gasteiger partial charge in [-0.2, -0.15) is 0 Å². The van der Waals surface area contributed by atoms with E-state index in [1.807, 2.05) is 13.8 Å². The maximum atomic E-state index is 14.6. The monoisotopic (exact) mass is 808 g/mol. The molecule has 0 spiro atoms. The molecule has 2 heterocycles. The fourth-order valence-electron chi connectivity index (χ4n) is 13.8. The second-order valence-corrected chi connectivity index (χ2v) is 20.5. The van der Waals surface area contributed by atoms with Crippen LogP contribution in [0.2, 0.25) is 0 Å². The Bertz CT molecular complexity index is 1580. The molecule has 0 amide bonds. The Hall–Kier alpha value is -1.72. The topological polar surface area (TPSA) is 222 Å². The molecule has 0 aromatic heterocycles. The molecule has 7 aliphatic rings. The second-order valence-electron chi connectivity index (χ2n) is 20.5. The molecule has 324 valence electrons. The molecule has 0 radical (unpaired) electrons. The number of hydrogen-bond acceptors (Lipinski definition) is 14. The van der Waals surface area contributed by atoms with Crippen LogP contribution in [-0.4, -0.2) is 128 Å². The molecule has 57 heavy (non-hydrogen) atoms. The summed E-state index contributed by atoms with van der Waals surface area (Å²) in [5.41, 5.74) is -2.30. The van der Waals surface area contributed by atoms with Crippen LogP contribution in [-0.2, 0) is 33.3 Å². The Kier molecular flexibility index (Phi) is 11.2. The van der Waals surface area contributed by atoms with Gasteiger partial charge in [-0.05, 0) is 104 Å². The fraction of sp³-hybridized carbons (Fsp3) is 0.907. The Morgan fingerprint density at radius 3 is 2.19 bits per heavy atom. The molecule has 14 heteroatoms. The van der Waals surface area contributed by atoms with E-state index >= 15 is 0 Å². The van der Waals surface area contributed by atoms with Crippen molar-refractivity contribution in [3.63, 3.8) is 0 Å². The van der Waals surface area contributed by atoms with E-state index in [0.29, 0.717) is 32.1 Å². The fourth-order valence-corrected chi connectivity index (χ4v) is 13.8. The molecule has 0 bridgehead atoms. The minimum atomic E-state index is -1.72. The molecular formula is C43H68O14. The second kappa shape index (κ2) is 14.7. The van der Waals surface area contributed by atoms with Crippen LogP contribution in [0.15, 0.2) is 11.6 Å². The van der Waals surface area contributed by atoms with Gasteiger partial charge in [-0.25, -0.2) is 0 Å². The van der Waals surface area contributed by atoms with E-state index in [2.05, 4.69) is 40.7 Å². The summed E-state index contributed by atoms with van der Waals surface area (Å²) in [5.74, 6) is -1.39. The van der Waals surface area contributed by atoms with Gasteiger partial charge in [0.25, 0.3) is 0 Å². The third kappa shape index (κ3) is 6.40. The number of carbonyl (C=O) groups excluding carboxylic acids is 2. The summed E-state index contributed by atoms with van der Waals surface area (Å²) in [6, 6.07) is 0. The van der Waals surface area contributed by atoms with Crippen molar-refractivity contribution in [1.82, 2.24) is 0 Å². The Labute approximate surface area is 336 Å². The highest BCUT2D eigenvalue weighted by atomic mass is 16.7. The standard InChI is InChI=1S/C43H68O14/c1-21-11-16-43(37(51)57-35-32(50)31(49)30(48)25(19-44)55-35)18-17-40(6)23(34(43)42(21,8)52)9-10-27-39(5)14-13-28(38(3,4)26(39)12-15-41(27,40)7)56-36-33(54-22(2)45)29(47)24(46)20-53-36/h9,21,24-36,44,46-50,52H,10-20H2,1-8H3/t21-,24+,25-,26+,27-,28+,29+,30-,31+,32-,33-,34-,35?,36+,39+,40-,41-,42-,43+/m1/s1. The van der Waals surface area contributed by atoms with Crippen LogP contribution in [0, 0.1) is 50.7 Å². The summed E-state index contributed by atoms with van der Waals surface area (Å²) in [6.45, 7) is 16.0. The van der Waals surface area contributed by atoms with Gasteiger partial charge in [0.05, 0.1) is 30.3 Å². The lowest BCUT2D eigenvalue weighted by Crippen LogP contribution is -2.68. The average Bonchev–Trinajstić information content (AvgIpc) is 3.14. The number of carbonyl (C=O) groups is 2. The number of aliphatic hydroxyl groups excluding tert-OH is 6. The SMILES string of the molecule is CC(=O)O[C@H]1[C@H](O[C@H]2CC[C@]3(C)[C@H]4CC=C5[C@H]6[C@](C(=O)OC7O[C@H](CO)[C@@H](O)[C@H](O)[C@H]7O)(CC[C@@H](C)[C@@]6(C)O)CC[C@@]5(C)[C@]4(C)CC[C@H]3C2(C)C)OC[C@H](O)[C@@H]1O. The van der Waals surface area contributed by atoms with E-state index in [1.165, 1.54) is 6.92 Å². The number of rotatable bonds is 6. The molecule has 1 unspecified atom stereocenters. The smallest absolute Gasteiger partial charge is 0.315 e. The summed E-state index contributed by atoms with van der Waals surface area (Å²) >= 11 is 0. The molecule has 5 aliphatic carbocycles. The van der Waals surface area contributed by atoms with Crippen LogP contribution in [0.1, 0.15) is 113 Å². The third-order valence-electron chi connectivity index (χ3n) is 17.5. The largest absolute Gasteiger partial charge is 0.454 e. The van der Waals surface area contributed by atoms with Crippen LogP contribution in [0.3, 0.4) is 0 Å². The predicted octanol–water partition coefficient (Wildman–Crippen LogP) is 2.50. The first-order valence-corrected chi connectivity index (χ1v) is 21.3. The van der Waals surface area contributed by atoms with Crippen molar-refractivity contribution < 1.29 is 69.0 Å². The predicted molar refractivity (Wildman–Crippen MR) is 202 cm³/mol. The number of hydrogen-bond donors (Lipinski definition) is 7. The molecule has 19 atom stereocenters. The zero-order valence-electron chi connectivity index (χ0n) is 34.9. The van der Waals surface area contributed by atoms with E-state index in [4.69, 9.17) is 23.7 Å². The molecule has 7 rings (SSSR count). The molecule has 2 aliphatic heterocycles. The van der Waals surface area contributed by atoms with Crippen molar-refractivity contribution in [2.75, 3.05) is 13.2 Å². The number of ether oxygens (including phenoxy) is 5. The zero-order chi connectivity index (χ0) is 41.8. The van der Waals surface area contributed by atoms with Gasteiger partial charge >= 0.3 is 11.9 Å². The summed E-state index contributed by atoms with van der Waals surface area (Å²) in [7, 11) is 0.